The lowest BCUT2D eigenvalue weighted by Gasteiger charge is -2.20. The van der Waals surface area contributed by atoms with E-state index in [1.165, 1.54) is 0 Å². The van der Waals surface area contributed by atoms with Gasteiger partial charge in [-0.15, -0.1) is 0 Å². The Morgan fingerprint density at radius 3 is 2.26 bits per heavy atom. The zero-order valence-corrected chi connectivity index (χ0v) is 13.3. The van der Waals surface area contributed by atoms with Crippen molar-refractivity contribution in [2.45, 2.75) is 45.1 Å². The number of nitrogens with one attached hydrogen (secondary N) is 1. The zero-order chi connectivity index (χ0) is 15.0. The predicted molar refractivity (Wildman–Crippen MR) is 78.1 cm³/mol. The summed E-state index contributed by atoms with van der Waals surface area (Å²) in [6, 6.07) is 0. The second-order valence-electron chi connectivity index (χ2n) is 6.19. The number of nitrogens with two attached hydrogens (primary N) is 1. The standard InChI is InChI=1S/C12H24N4O2S/c1-8(2)7-14-11-9(19(6,17)18)10(13)16(15-11)12(3,4)5/h8H,7,13H2,1-6H3,(H,14,15). The molecular weight excluding hydrogens is 264 g/mol. The fourth-order valence-corrected chi connectivity index (χ4v) is 2.64. The SMILES string of the molecule is CC(C)CNc1nn(C(C)(C)C)c(N)c1S(C)(=O)=O. The lowest BCUT2D eigenvalue weighted by Crippen LogP contribution is -2.25. The number of nitrogens with zero attached hydrogens (tertiary/aromatic N) is 2. The van der Waals surface area contributed by atoms with Gasteiger partial charge in [0.2, 0.25) is 0 Å². The molecule has 3 N–H and O–H groups in total. The quantitative estimate of drug-likeness (QED) is 0.880. The van der Waals surface area contributed by atoms with Crippen molar-refractivity contribution in [3.8, 4) is 0 Å². The van der Waals surface area contributed by atoms with Gasteiger partial charge >= 0.3 is 0 Å². The number of hydrogen-bond donors (Lipinski definition) is 2. The Kier molecular flexibility index (Phi) is 4.19. The molecule has 0 spiro atoms. The average Bonchev–Trinajstić information content (AvgIpc) is 2.50. The number of sulfone groups is 1. The molecule has 0 aliphatic heterocycles. The van der Waals surface area contributed by atoms with E-state index in [-0.39, 0.29) is 16.3 Å². The zero-order valence-electron chi connectivity index (χ0n) is 12.5. The Morgan fingerprint density at radius 2 is 1.89 bits per heavy atom. The van der Waals surface area contributed by atoms with E-state index in [9.17, 15) is 8.42 Å². The van der Waals surface area contributed by atoms with E-state index < -0.39 is 9.84 Å². The largest absolute Gasteiger partial charge is 0.383 e. The van der Waals surface area contributed by atoms with E-state index in [2.05, 4.69) is 10.4 Å². The Morgan fingerprint density at radius 1 is 1.37 bits per heavy atom. The molecular formula is C12H24N4O2S. The Labute approximate surface area is 115 Å². The first-order chi connectivity index (χ1) is 8.44. The maximum Gasteiger partial charge on any atom is 0.182 e. The summed E-state index contributed by atoms with van der Waals surface area (Å²) < 4.78 is 25.3. The second-order valence-corrected chi connectivity index (χ2v) is 8.15. The van der Waals surface area contributed by atoms with Crippen LogP contribution < -0.4 is 11.1 Å². The lowest BCUT2D eigenvalue weighted by molar-refractivity contribution is 0.362. The maximum atomic E-state index is 11.9. The molecule has 1 aromatic rings. The fourth-order valence-electron chi connectivity index (χ4n) is 1.71. The molecule has 0 aliphatic rings. The van der Waals surface area contributed by atoms with Crippen LogP contribution in [0.4, 0.5) is 11.6 Å². The van der Waals surface area contributed by atoms with Crippen LogP contribution in [0.3, 0.4) is 0 Å². The molecule has 19 heavy (non-hydrogen) atoms. The van der Waals surface area contributed by atoms with Gasteiger partial charge in [-0.05, 0) is 26.7 Å². The molecule has 0 aromatic carbocycles. The molecule has 1 aromatic heterocycles. The molecule has 0 amide bonds. The average molecular weight is 288 g/mol. The molecule has 7 heteroatoms. The molecule has 1 rings (SSSR count). The van der Waals surface area contributed by atoms with Gasteiger partial charge in [0, 0.05) is 12.8 Å². The van der Waals surface area contributed by atoms with Crippen molar-refractivity contribution < 1.29 is 8.42 Å². The van der Waals surface area contributed by atoms with E-state index in [1.54, 1.807) is 4.68 Å². The van der Waals surface area contributed by atoms with Crippen LogP contribution in [0.5, 0.6) is 0 Å². The number of aromatic nitrogens is 2. The first-order valence-electron chi connectivity index (χ1n) is 6.27. The molecule has 0 unspecified atom stereocenters. The molecule has 1 heterocycles. The first-order valence-corrected chi connectivity index (χ1v) is 8.16. The summed E-state index contributed by atoms with van der Waals surface area (Å²) in [7, 11) is -3.42. The van der Waals surface area contributed by atoms with Crippen LogP contribution in [0.25, 0.3) is 0 Å². The maximum absolute atomic E-state index is 11.9. The van der Waals surface area contributed by atoms with Gasteiger partial charge in [-0.3, -0.25) is 0 Å². The van der Waals surface area contributed by atoms with Gasteiger partial charge in [-0.1, -0.05) is 13.8 Å². The minimum atomic E-state index is -3.42. The van der Waals surface area contributed by atoms with E-state index in [4.69, 9.17) is 5.73 Å². The van der Waals surface area contributed by atoms with Crippen molar-refractivity contribution >= 4 is 21.5 Å². The summed E-state index contributed by atoms with van der Waals surface area (Å²) in [5.41, 5.74) is 5.59. The highest BCUT2D eigenvalue weighted by Crippen LogP contribution is 2.31. The van der Waals surface area contributed by atoms with Crippen LogP contribution in [-0.2, 0) is 15.4 Å². The monoisotopic (exact) mass is 288 g/mol. The third-order valence-electron chi connectivity index (χ3n) is 2.56. The summed E-state index contributed by atoms with van der Waals surface area (Å²) in [5, 5.41) is 7.38. The molecule has 0 radical (unpaired) electrons. The summed E-state index contributed by atoms with van der Waals surface area (Å²) >= 11 is 0. The smallest absolute Gasteiger partial charge is 0.182 e. The third kappa shape index (κ3) is 3.62. The van der Waals surface area contributed by atoms with Gasteiger partial charge in [0.15, 0.2) is 20.6 Å². The number of nitrogen functional groups attached to an aromatic ring is 1. The lowest BCUT2D eigenvalue weighted by atomic mass is 10.1. The normalized spacial score (nSPS) is 13.0. The fraction of sp³-hybridized carbons (Fsp3) is 0.750. The van der Waals surface area contributed by atoms with E-state index in [0.29, 0.717) is 18.3 Å². The van der Waals surface area contributed by atoms with Crippen molar-refractivity contribution in [3.63, 3.8) is 0 Å². The van der Waals surface area contributed by atoms with Gasteiger partial charge < -0.3 is 11.1 Å². The predicted octanol–water partition coefficient (Wildman–Crippen LogP) is 1.69. The van der Waals surface area contributed by atoms with Gasteiger partial charge in [-0.25, -0.2) is 13.1 Å². The molecule has 0 atom stereocenters. The van der Waals surface area contributed by atoms with Crippen molar-refractivity contribution in [2.24, 2.45) is 5.92 Å². The minimum absolute atomic E-state index is 0.0862. The Hall–Kier alpha value is -1.24. The van der Waals surface area contributed by atoms with E-state index in [0.717, 1.165) is 6.26 Å². The van der Waals surface area contributed by atoms with Crippen LogP contribution in [0, 0.1) is 5.92 Å². The molecule has 0 fully saturated rings. The van der Waals surface area contributed by atoms with Crippen molar-refractivity contribution in [1.82, 2.24) is 9.78 Å². The van der Waals surface area contributed by atoms with Gasteiger partial charge in [0.1, 0.15) is 5.82 Å². The van der Waals surface area contributed by atoms with E-state index >= 15 is 0 Å². The highest BCUT2D eigenvalue weighted by molar-refractivity contribution is 7.91. The molecule has 0 aliphatic carbocycles. The van der Waals surface area contributed by atoms with Crippen LogP contribution in [0.2, 0.25) is 0 Å². The molecule has 0 saturated heterocycles. The highest BCUT2D eigenvalue weighted by Gasteiger charge is 2.28. The molecule has 0 bridgehead atoms. The van der Waals surface area contributed by atoms with Gasteiger partial charge in [0.25, 0.3) is 0 Å². The summed E-state index contributed by atoms with van der Waals surface area (Å²) in [5.74, 6) is 0.901. The summed E-state index contributed by atoms with van der Waals surface area (Å²) in [6.45, 7) is 10.5. The topological polar surface area (TPSA) is 90.0 Å². The second kappa shape index (κ2) is 5.03. The Balaban J connectivity index is 3.37. The Bertz CT molecular complexity index is 553. The number of rotatable bonds is 4. The van der Waals surface area contributed by atoms with Crippen LogP contribution in [0.15, 0.2) is 4.90 Å². The van der Waals surface area contributed by atoms with Crippen LogP contribution in [-0.4, -0.2) is 31.0 Å². The van der Waals surface area contributed by atoms with Gasteiger partial charge in [0.05, 0.1) is 5.54 Å². The van der Waals surface area contributed by atoms with Crippen molar-refractivity contribution in [3.05, 3.63) is 0 Å². The summed E-state index contributed by atoms with van der Waals surface area (Å²) in [6.07, 6.45) is 1.15. The third-order valence-corrected chi connectivity index (χ3v) is 3.70. The van der Waals surface area contributed by atoms with Crippen molar-refractivity contribution in [2.75, 3.05) is 23.9 Å². The van der Waals surface area contributed by atoms with E-state index in [1.807, 2.05) is 34.6 Å². The highest BCUT2D eigenvalue weighted by atomic mass is 32.2. The molecule has 6 nitrogen and oxygen atoms in total. The molecule has 110 valence electrons. The van der Waals surface area contributed by atoms with Crippen LogP contribution >= 0.6 is 0 Å². The first kappa shape index (κ1) is 15.8. The number of hydrogen-bond acceptors (Lipinski definition) is 5. The minimum Gasteiger partial charge on any atom is -0.383 e. The molecule has 0 saturated carbocycles. The summed E-state index contributed by atoms with van der Waals surface area (Å²) in [4.78, 5) is 0.0862. The van der Waals surface area contributed by atoms with Gasteiger partial charge in [-0.2, -0.15) is 5.10 Å². The number of anilines is 2. The van der Waals surface area contributed by atoms with Crippen LogP contribution in [0.1, 0.15) is 34.6 Å². The van der Waals surface area contributed by atoms with Crippen molar-refractivity contribution in [1.29, 1.82) is 0 Å².